The maximum atomic E-state index is 13.9. The minimum Gasteiger partial charge on any atom is -0.440 e. The topological polar surface area (TPSA) is 158 Å². The number of nitrogens with zero attached hydrogens (tertiary/aromatic N) is 3. The van der Waals surface area contributed by atoms with Crippen LogP contribution in [0.3, 0.4) is 0 Å². The number of amides is 2. The number of nitrogens with one attached hydrogen (secondary N) is 2. The second kappa shape index (κ2) is 16.5. The van der Waals surface area contributed by atoms with E-state index in [1.54, 1.807) is 12.1 Å². The van der Waals surface area contributed by atoms with Gasteiger partial charge in [-0.2, -0.15) is 4.31 Å². The van der Waals surface area contributed by atoms with Gasteiger partial charge in [0.15, 0.2) is 12.2 Å². The number of alkyl carbamates (subject to hydrolysis) is 2. The number of aromatic nitrogens is 2. The summed E-state index contributed by atoms with van der Waals surface area (Å²) in [6, 6.07) is 7.09. The van der Waals surface area contributed by atoms with Gasteiger partial charge in [0.2, 0.25) is 10.0 Å². The minimum atomic E-state index is -4.23. The van der Waals surface area contributed by atoms with Gasteiger partial charge < -0.3 is 20.1 Å². The highest BCUT2D eigenvalue weighted by Crippen LogP contribution is 2.29. The zero-order chi connectivity index (χ0) is 35.0. The number of carbonyl (C=O) groups is 2. The van der Waals surface area contributed by atoms with Gasteiger partial charge in [-0.3, -0.25) is 9.59 Å². The molecule has 1 aromatic carbocycles. The van der Waals surface area contributed by atoms with Crippen molar-refractivity contribution in [3.8, 4) is 12.3 Å². The lowest BCUT2D eigenvalue weighted by atomic mass is 9.89. The van der Waals surface area contributed by atoms with Gasteiger partial charge in [0.05, 0.1) is 18.0 Å². The molecule has 0 spiro atoms. The van der Waals surface area contributed by atoms with Crippen molar-refractivity contribution >= 4 is 22.2 Å². The summed E-state index contributed by atoms with van der Waals surface area (Å²) in [5.74, 6) is 2.97. The fourth-order valence-electron chi connectivity index (χ4n) is 7.15. The minimum absolute atomic E-state index is 0.0282. The van der Waals surface area contributed by atoms with E-state index in [1.165, 1.54) is 12.1 Å². The summed E-state index contributed by atoms with van der Waals surface area (Å²) < 4.78 is 42.9. The summed E-state index contributed by atoms with van der Waals surface area (Å²) in [4.78, 5) is 53.1. The molecule has 1 aromatic heterocycles. The van der Waals surface area contributed by atoms with Crippen LogP contribution in [0, 0.1) is 31.1 Å². The first-order chi connectivity index (χ1) is 23.6. The van der Waals surface area contributed by atoms with Gasteiger partial charge in [0, 0.05) is 31.8 Å². The van der Waals surface area contributed by atoms with Gasteiger partial charge in [-0.1, -0.05) is 62.1 Å². The molecule has 49 heavy (non-hydrogen) atoms. The first kappa shape index (κ1) is 36.2. The molecule has 3 aliphatic rings. The standard InChI is InChI=1S/C35H47N5O8S/c1-3-20-38(49(45,46)28-16-14-25(2)15-17-28)23-29-33(48-35(44)37-22-27-12-8-5-9-13-27)30(24-39-31(41)18-19-32(42)40(29)39)47-34(43)36-21-26-10-6-4-7-11-26/h1,14-19,26-27,29-30,33H,4-13,20-24H2,2H3,(H,36,43)(H,37,44)/t29-,30+,33-/m1/s1. The highest BCUT2D eigenvalue weighted by Gasteiger charge is 2.45. The normalized spacial score (nSPS) is 21.7. The van der Waals surface area contributed by atoms with Gasteiger partial charge in [-0.25, -0.2) is 27.4 Å². The molecule has 0 saturated heterocycles. The Morgan fingerprint density at radius 2 is 1.41 bits per heavy atom. The highest BCUT2D eigenvalue weighted by molar-refractivity contribution is 7.89. The molecule has 5 rings (SSSR count). The largest absolute Gasteiger partial charge is 0.440 e. The molecule has 266 valence electrons. The molecule has 1 aliphatic heterocycles. The first-order valence-corrected chi connectivity index (χ1v) is 18.7. The number of aryl methyl sites for hydroxylation is 1. The van der Waals surface area contributed by atoms with Crippen LogP contribution in [0.1, 0.15) is 75.8 Å². The molecule has 14 heteroatoms. The monoisotopic (exact) mass is 697 g/mol. The molecule has 2 aliphatic carbocycles. The van der Waals surface area contributed by atoms with Crippen molar-refractivity contribution in [2.75, 3.05) is 26.2 Å². The van der Waals surface area contributed by atoms with Crippen LogP contribution in [0.2, 0.25) is 0 Å². The average molecular weight is 698 g/mol. The number of benzene rings is 1. The Balaban J connectivity index is 1.48. The van der Waals surface area contributed by atoms with E-state index in [0.717, 1.165) is 95.6 Å². The van der Waals surface area contributed by atoms with Gasteiger partial charge >= 0.3 is 12.2 Å². The Kier molecular flexibility index (Phi) is 12.2. The molecular weight excluding hydrogens is 650 g/mol. The third kappa shape index (κ3) is 9.13. The summed E-state index contributed by atoms with van der Waals surface area (Å²) in [7, 11) is -4.23. The fourth-order valence-corrected chi connectivity index (χ4v) is 8.52. The van der Waals surface area contributed by atoms with Crippen molar-refractivity contribution in [2.24, 2.45) is 11.8 Å². The van der Waals surface area contributed by atoms with E-state index < -0.39 is 58.1 Å². The lowest BCUT2D eigenvalue weighted by Gasteiger charge is -2.41. The number of carbonyl (C=O) groups excluding carboxylic acids is 2. The van der Waals surface area contributed by atoms with Crippen LogP contribution >= 0.6 is 0 Å². The lowest BCUT2D eigenvalue weighted by Crippen LogP contribution is -2.59. The fraction of sp³-hybridized carbons (Fsp3) is 0.600. The summed E-state index contributed by atoms with van der Waals surface area (Å²) >= 11 is 0. The number of hydrogen-bond donors (Lipinski definition) is 2. The summed E-state index contributed by atoms with van der Waals surface area (Å²) in [6.45, 7) is 1.46. The number of ether oxygens (including phenoxy) is 2. The van der Waals surface area contributed by atoms with Crippen LogP contribution in [0.25, 0.3) is 0 Å². The van der Waals surface area contributed by atoms with Crippen LogP contribution in [-0.2, 0) is 26.0 Å². The van der Waals surface area contributed by atoms with Crippen molar-refractivity contribution in [2.45, 2.75) is 101 Å². The van der Waals surface area contributed by atoms with Gasteiger partial charge in [0.25, 0.3) is 11.1 Å². The quantitative estimate of drug-likeness (QED) is 0.338. The van der Waals surface area contributed by atoms with Crippen LogP contribution < -0.4 is 21.8 Å². The summed E-state index contributed by atoms with van der Waals surface area (Å²) in [6.07, 6.45) is 12.0. The van der Waals surface area contributed by atoms with Crippen molar-refractivity contribution in [3.63, 3.8) is 0 Å². The van der Waals surface area contributed by atoms with Crippen molar-refractivity contribution in [1.82, 2.24) is 24.3 Å². The summed E-state index contributed by atoms with van der Waals surface area (Å²) in [5.41, 5.74) is -0.357. The van der Waals surface area contributed by atoms with Gasteiger partial charge in [-0.05, 0) is 56.6 Å². The molecule has 13 nitrogen and oxygen atoms in total. The second-order valence-electron chi connectivity index (χ2n) is 13.4. The van der Waals surface area contributed by atoms with Crippen molar-refractivity contribution in [3.05, 3.63) is 62.7 Å². The van der Waals surface area contributed by atoms with Crippen LogP contribution in [0.4, 0.5) is 9.59 Å². The second-order valence-corrected chi connectivity index (χ2v) is 15.3. The maximum absolute atomic E-state index is 13.9. The van der Waals surface area contributed by atoms with Crippen LogP contribution in [0.5, 0.6) is 0 Å². The Morgan fingerprint density at radius 1 is 0.857 bits per heavy atom. The number of sulfonamides is 1. The Hall–Kier alpha value is -4.09. The smallest absolute Gasteiger partial charge is 0.407 e. The van der Waals surface area contributed by atoms with E-state index in [1.807, 2.05) is 6.92 Å². The molecule has 3 atom stereocenters. The highest BCUT2D eigenvalue weighted by atomic mass is 32.2. The van der Waals surface area contributed by atoms with E-state index in [-0.39, 0.29) is 23.9 Å². The maximum Gasteiger partial charge on any atom is 0.407 e. The third-order valence-electron chi connectivity index (χ3n) is 9.86. The molecule has 2 fully saturated rings. The first-order valence-electron chi connectivity index (χ1n) is 17.3. The van der Waals surface area contributed by atoms with Gasteiger partial charge in [-0.15, -0.1) is 6.42 Å². The predicted molar refractivity (Wildman–Crippen MR) is 182 cm³/mol. The van der Waals surface area contributed by atoms with Gasteiger partial charge in [0.1, 0.15) is 6.04 Å². The van der Waals surface area contributed by atoms with E-state index in [4.69, 9.17) is 15.9 Å². The molecule has 0 bridgehead atoms. The molecular formula is C35H47N5O8S. The van der Waals surface area contributed by atoms with E-state index in [2.05, 4.69) is 16.6 Å². The number of hydrogen-bond acceptors (Lipinski definition) is 8. The molecule has 2 saturated carbocycles. The average Bonchev–Trinajstić information content (AvgIpc) is 3.10. The van der Waals surface area contributed by atoms with Crippen LogP contribution in [-0.4, -0.2) is 72.7 Å². The molecule has 2 aromatic rings. The number of rotatable bonds is 11. The van der Waals surface area contributed by atoms with E-state index in [9.17, 15) is 27.6 Å². The molecule has 0 radical (unpaired) electrons. The lowest BCUT2D eigenvalue weighted by molar-refractivity contribution is -0.0732. The van der Waals surface area contributed by atoms with E-state index in [0.29, 0.717) is 19.0 Å². The van der Waals surface area contributed by atoms with E-state index >= 15 is 0 Å². The molecule has 2 amide bonds. The molecule has 2 heterocycles. The summed E-state index contributed by atoms with van der Waals surface area (Å²) in [5, 5.41) is 5.63. The predicted octanol–water partition coefficient (Wildman–Crippen LogP) is 3.55. The third-order valence-corrected chi connectivity index (χ3v) is 11.7. The Bertz CT molecular complexity index is 1720. The number of fused-ring (bicyclic) bond motifs is 1. The zero-order valence-electron chi connectivity index (χ0n) is 28.1. The number of terminal acetylenes is 1. The Labute approximate surface area is 287 Å². The van der Waals surface area contributed by atoms with Crippen molar-refractivity contribution < 1.29 is 27.5 Å². The van der Waals surface area contributed by atoms with Crippen LogP contribution in [0.15, 0.2) is 50.9 Å². The SMILES string of the molecule is C#CCN(C[C@@H]1[C@@H](OC(=O)NCC2CCCCC2)[C@@H](OC(=O)NCC2CCCCC2)Cn2c(=O)ccc(=O)n21)S(=O)(=O)c1ccc(C)cc1. The molecule has 0 unspecified atom stereocenters. The van der Waals surface area contributed by atoms with Crippen molar-refractivity contribution in [1.29, 1.82) is 0 Å². The molecule has 2 N–H and O–H groups in total. The zero-order valence-corrected chi connectivity index (χ0v) is 28.9. The Morgan fingerprint density at radius 3 is 1.98 bits per heavy atom.